The number of benzene rings is 1. The summed E-state index contributed by atoms with van der Waals surface area (Å²) in [5, 5.41) is 4.42. The number of hydrogen-bond donors (Lipinski definition) is 1. The quantitative estimate of drug-likeness (QED) is 0.897. The van der Waals surface area contributed by atoms with Gasteiger partial charge >= 0.3 is 0 Å². The molecule has 0 aliphatic carbocycles. The smallest absolute Gasteiger partial charge is 0.161 e. The van der Waals surface area contributed by atoms with Crippen LogP contribution in [0.5, 0.6) is 11.5 Å². The Morgan fingerprint density at radius 3 is 2.63 bits per heavy atom. The number of nitrogens with two attached hydrogens (primary N) is 1. The molecule has 2 aromatic rings. The number of nitrogen functional groups attached to an aromatic ring is 1. The zero-order chi connectivity index (χ0) is 13.4. The van der Waals surface area contributed by atoms with Crippen LogP contribution in [0.15, 0.2) is 24.3 Å². The number of fused-ring (bicyclic) bond motifs is 1. The van der Waals surface area contributed by atoms with Crippen LogP contribution in [0.25, 0.3) is 0 Å². The second kappa shape index (κ2) is 4.50. The summed E-state index contributed by atoms with van der Waals surface area (Å²) in [6, 6.07) is 7.88. The maximum absolute atomic E-state index is 5.96. The van der Waals surface area contributed by atoms with Crippen molar-refractivity contribution in [3.63, 3.8) is 0 Å². The van der Waals surface area contributed by atoms with E-state index >= 15 is 0 Å². The van der Waals surface area contributed by atoms with Gasteiger partial charge in [-0.25, -0.2) is 4.68 Å². The lowest BCUT2D eigenvalue weighted by Crippen LogP contribution is -2.16. The fourth-order valence-corrected chi connectivity index (χ4v) is 2.31. The van der Waals surface area contributed by atoms with Gasteiger partial charge in [-0.15, -0.1) is 0 Å². The van der Waals surface area contributed by atoms with Crippen LogP contribution in [0.4, 0.5) is 5.82 Å². The van der Waals surface area contributed by atoms with Crippen molar-refractivity contribution < 1.29 is 9.47 Å². The Kier molecular flexibility index (Phi) is 2.81. The van der Waals surface area contributed by atoms with E-state index in [9.17, 15) is 0 Å². The van der Waals surface area contributed by atoms with Gasteiger partial charge in [0.05, 0.1) is 11.7 Å². The predicted molar refractivity (Wildman–Crippen MR) is 72.6 cm³/mol. The molecule has 1 aromatic carbocycles. The number of aryl methyl sites for hydroxylation is 1. The number of hydrogen-bond acceptors (Lipinski definition) is 4. The van der Waals surface area contributed by atoms with Gasteiger partial charge in [0.1, 0.15) is 19.0 Å². The maximum Gasteiger partial charge on any atom is 0.161 e. The molecule has 0 amide bonds. The molecule has 5 heteroatoms. The highest BCUT2D eigenvalue weighted by molar-refractivity contribution is 5.45. The standard InChI is InChI=1S/C14H17N3O2/c1-9-7-14(15)17(16-9)10(2)11-3-4-12-13(8-11)19-6-5-18-12/h3-4,7-8,10H,5-6,15H2,1-2H3. The van der Waals surface area contributed by atoms with Crippen LogP contribution in [-0.4, -0.2) is 23.0 Å². The van der Waals surface area contributed by atoms with Crippen molar-refractivity contribution in [2.24, 2.45) is 0 Å². The fraction of sp³-hybridized carbons (Fsp3) is 0.357. The molecule has 0 bridgehead atoms. The molecule has 1 aromatic heterocycles. The van der Waals surface area contributed by atoms with Gasteiger partial charge in [0.2, 0.25) is 0 Å². The molecule has 5 nitrogen and oxygen atoms in total. The molecule has 1 atom stereocenters. The van der Waals surface area contributed by atoms with Gasteiger partial charge in [0.25, 0.3) is 0 Å². The molecule has 0 saturated carbocycles. The van der Waals surface area contributed by atoms with Crippen LogP contribution in [0.2, 0.25) is 0 Å². The van der Waals surface area contributed by atoms with Gasteiger partial charge in [-0.1, -0.05) is 6.07 Å². The molecule has 2 N–H and O–H groups in total. The molecule has 1 unspecified atom stereocenters. The van der Waals surface area contributed by atoms with Crippen molar-refractivity contribution in [3.8, 4) is 11.5 Å². The Morgan fingerprint density at radius 2 is 1.95 bits per heavy atom. The van der Waals surface area contributed by atoms with Crippen molar-refractivity contribution in [3.05, 3.63) is 35.5 Å². The van der Waals surface area contributed by atoms with Crippen molar-refractivity contribution in [1.29, 1.82) is 0 Å². The minimum absolute atomic E-state index is 0.0597. The number of rotatable bonds is 2. The molecule has 100 valence electrons. The number of nitrogens with zero attached hydrogens (tertiary/aromatic N) is 2. The summed E-state index contributed by atoms with van der Waals surface area (Å²) in [7, 11) is 0. The van der Waals surface area contributed by atoms with E-state index in [0.29, 0.717) is 19.0 Å². The second-order valence-electron chi connectivity index (χ2n) is 4.73. The van der Waals surface area contributed by atoms with Crippen molar-refractivity contribution in [2.45, 2.75) is 19.9 Å². The van der Waals surface area contributed by atoms with Crippen molar-refractivity contribution in [2.75, 3.05) is 18.9 Å². The first-order valence-corrected chi connectivity index (χ1v) is 6.36. The normalized spacial score (nSPS) is 15.3. The molecule has 0 radical (unpaired) electrons. The average molecular weight is 259 g/mol. The largest absolute Gasteiger partial charge is 0.486 e. The Labute approximate surface area is 111 Å². The van der Waals surface area contributed by atoms with Gasteiger partial charge in [-0.2, -0.15) is 5.10 Å². The Hall–Kier alpha value is -2.17. The third-order valence-corrected chi connectivity index (χ3v) is 3.30. The molecule has 3 rings (SSSR count). The van der Waals surface area contributed by atoms with Gasteiger partial charge in [-0.05, 0) is 31.5 Å². The number of ether oxygens (including phenoxy) is 2. The van der Waals surface area contributed by atoms with Crippen LogP contribution in [-0.2, 0) is 0 Å². The molecule has 19 heavy (non-hydrogen) atoms. The Morgan fingerprint density at radius 1 is 1.21 bits per heavy atom. The topological polar surface area (TPSA) is 62.3 Å². The molecule has 0 spiro atoms. The van der Waals surface area contributed by atoms with E-state index in [1.807, 2.05) is 35.9 Å². The molecule has 1 aliphatic heterocycles. The number of anilines is 1. The van der Waals surface area contributed by atoms with Gasteiger partial charge in [0.15, 0.2) is 11.5 Å². The molecular weight excluding hydrogens is 242 g/mol. The van der Waals surface area contributed by atoms with E-state index in [2.05, 4.69) is 12.0 Å². The third-order valence-electron chi connectivity index (χ3n) is 3.30. The SMILES string of the molecule is Cc1cc(N)n(C(C)c2ccc3c(c2)OCCO3)n1. The fourth-order valence-electron chi connectivity index (χ4n) is 2.31. The summed E-state index contributed by atoms with van der Waals surface area (Å²) >= 11 is 0. The molecule has 0 fully saturated rings. The van der Waals surface area contributed by atoms with E-state index in [1.54, 1.807) is 0 Å². The maximum atomic E-state index is 5.96. The summed E-state index contributed by atoms with van der Waals surface area (Å²) in [5.41, 5.74) is 7.98. The van der Waals surface area contributed by atoms with Crippen LogP contribution in [0, 0.1) is 6.92 Å². The lowest BCUT2D eigenvalue weighted by molar-refractivity contribution is 0.171. The van der Waals surface area contributed by atoms with E-state index in [4.69, 9.17) is 15.2 Å². The third kappa shape index (κ3) is 2.12. The molecular formula is C14H17N3O2. The minimum Gasteiger partial charge on any atom is -0.486 e. The van der Waals surface area contributed by atoms with Crippen LogP contribution in [0.3, 0.4) is 0 Å². The Bertz CT molecular complexity index is 607. The summed E-state index contributed by atoms with van der Waals surface area (Å²) in [6.45, 7) is 5.19. The first-order chi connectivity index (χ1) is 9.15. The monoisotopic (exact) mass is 259 g/mol. The predicted octanol–water partition coefficient (Wildman–Crippen LogP) is 2.15. The van der Waals surface area contributed by atoms with Crippen molar-refractivity contribution in [1.82, 2.24) is 9.78 Å². The van der Waals surface area contributed by atoms with E-state index in [0.717, 1.165) is 22.8 Å². The lowest BCUT2D eigenvalue weighted by Gasteiger charge is -2.21. The summed E-state index contributed by atoms with van der Waals surface area (Å²) < 4.78 is 12.9. The van der Waals surface area contributed by atoms with Gasteiger partial charge in [-0.3, -0.25) is 0 Å². The van der Waals surface area contributed by atoms with Crippen molar-refractivity contribution >= 4 is 5.82 Å². The molecule has 1 aliphatic rings. The first-order valence-electron chi connectivity index (χ1n) is 6.36. The first kappa shape index (κ1) is 11.9. The van der Waals surface area contributed by atoms with Gasteiger partial charge < -0.3 is 15.2 Å². The van der Waals surface area contributed by atoms with Crippen LogP contribution >= 0.6 is 0 Å². The zero-order valence-electron chi connectivity index (χ0n) is 11.1. The summed E-state index contributed by atoms with van der Waals surface area (Å²) in [5.74, 6) is 2.25. The summed E-state index contributed by atoms with van der Waals surface area (Å²) in [6.07, 6.45) is 0. The average Bonchev–Trinajstić information content (AvgIpc) is 2.76. The molecule has 2 heterocycles. The van der Waals surface area contributed by atoms with E-state index in [-0.39, 0.29) is 6.04 Å². The lowest BCUT2D eigenvalue weighted by atomic mass is 10.1. The zero-order valence-corrected chi connectivity index (χ0v) is 11.1. The Balaban J connectivity index is 1.95. The van der Waals surface area contributed by atoms with E-state index < -0.39 is 0 Å². The highest BCUT2D eigenvalue weighted by Crippen LogP contribution is 2.33. The summed E-state index contributed by atoms with van der Waals surface area (Å²) in [4.78, 5) is 0. The number of aromatic nitrogens is 2. The highest BCUT2D eigenvalue weighted by Gasteiger charge is 2.17. The van der Waals surface area contributed by atoms with E-state index in [1.165, 1.54) is 0 Å². The molecule has 0 saturated heterocycles. The second-order valence-corrected chi connectivity index (χ2v) is 4.73. The van der Waals surface area contributed by atoms with Crippen LogP contribution < -0.4 is 15.2 Å². The van der Waals surface area contributed by atoms with Gasteiger partial charge in [0, 0.05) is 6.07 Å². The van der Waals surface area contributed by atoms with Crippen LogP contribution in [0.1, 0.15) is 24.2 Å². The highest BCUT2D eigenvalue weighted by atomic mass is 16.6. The minimum atomic E-state index is 0.0597.